The molecular weight excluding hydrogens is 414 g/mol. The smallest absolute Gasteiger partial charge is 0.282 e. The van der Waals surface area contributed by atoms with Crippen LogP contribution in [0.5, 0.6) is 5.75 Å². The van der Waals surface area contributed by atoms with Gasteiger partial charge in [-0.25, -0.2) is 4.99 Å². The van der Waals surface area contributed by atoms with E-state index in [-0.39, 0.29) is 17.6 Å². The highest BCUT2D eigenvalue weighted by molar-refractivity contribution is 8.15. The molecule has 156 valence electrons. The Kier molecular flexibility index (Phi) is 5.68. The lowest BCUT2D eigenvalue weighted by Gasteiger charge is -2.16. The molecule has 9 heteroatoms. The van der Waals surface area contributed by atoms with E-state index in [1.165, 1.54) is 11.8 Å². The van der Waals surface area contributed by atoms with Gasteiger partial charge in [-0.15, -0.1) is 5.10 Å². The number of hydrogen-bond acceptors (Lipinski definition) is 7. The number of benzene rings is 2. The fourth-order valence-electron chi connectivity index (χ4n) is 3.07. The molecule has 4 rings (SSSR count). The molecule has 2 aliphatic heterocycles. The largest absolute Gasteiger partial charge is 0.508 e. The van der Waals surface area contributed by atoms with Crippen LogP contribution in [0.4, 0.5) is 5.69 Å². The van der Waals surface area contributed by atoms with Crippen LogP contribution in [0.2, 0.25) is 0 Å². The van der Waals surface area contributed by atoms with Crippen LogP contribution < -0.4 is 10.2 Å². The van der Waals surface area contributed by atoms with Gasteiger partial charge < -0.3 is 10.4 Å². The molecule has 2 amide bonds. The van der Waals surface area contributed by atoms with Crippen molar-refractivity contribution in [2.75, 3.05) is 10.7 Å². The van der Waals surface area contributed by atoms with Gasteiger partial charge in [-0.1, -0.05) is 36.0 Å². The van der Waals surface area contributed by atoms with Crippen molar-refractivity contribution < 1.29 is 14.7 Å². The molecule has 0 aromatic heterocycles. The average molecular weight is 433 g/mol. The number of rotatable bonds is 4. The lowest BCUT2D eigenvalue weighted by atomic mass is 10.1. The van der Waals surface area contributed by atoms with Gasteiger partial charge in [0.15, 0.2) is 5.17 Å². The second-order valence-corrected chi connectivity index (χ2v) is 7.86. The van der Waals surface area contributed by atoms with Crippen molar-refractivity contribution in [3.8, 4) is 5.75 Å². The molecule has 0 saturated carbocycles. The van der Waals surface area contributed by atoms with Gasteiger partial charge in [-0.2, -0.15) is 5.10 Å². The fourth-order valence-corrected chi connectivity index (χ4v) is 3.69. The topological polar surface area (TPSA) is 107 Å². The summed E-state index contributed by atoms with van der Waals surface area (Å²) in [4.78, 5) is 30.0. The number of hydrogen-bond donors (Lipinski definition) is 2. The summed E-state index contributed by atoms with van der Waals surface area (Å²) in [5.74, 6) is 0.804. The van der Waals surface area contributed by atoms with Crippen molar-refractivity contribution in [3.05, 3.63) is 65.4 Å². The van der Waals surface area contributed by atoms with Crippen LogP contribution in [0.3, 0.4) is 0 Å². The number of thioether (sulfide) groups is 1. The van der Waals surface area contributed by atoms with Crippen molar-refractivity contribution in [1.82, 2.24) is 5.32 Å². The molecule has 31 heavy (non-hydrogen) atoms. The van der Waals surface area contributed by atoms with Gasteiger partial charge in [0.25, 0.3) is 5.91 Å². The molecule has 0 bridgehead atoms. The van der Waals surface area contributed by atoms with E-state index in [4.69, 9.17) is 0 Å². The monoisotopic (exact) mass is 433 g/mol. The second kappa shape index (κ2) is 8.57. The van der Waals surface area contributed by atoms with Gasteiger partial charge >= 0.3 is 0 Å². The van der Waals surface area contributed by atoms with Crippen molar-refractivity contribution in [2.24, 2.45) is 15.2 Å². The van der Waals surface area contributed by atoms with Crippen LogP contribution in [-0.2, 0) is 9.59 Å². The van der Waals surface area contributed by atoms with Gasteiger partial charge in [-0.05, 0) is 55.3 Å². The minimum absolute atomic E-state index is 0.0768. The van der Waals surface area contributed by atoms with Crippen LogP contribution in [0.1, 0.15) is 25.0 Å². The first-order chi connectivity index (χ1) is 14.9. The standard InChI is InChI=1S/C22H19N5O3S/c1-13(25-26-22-24-20(29)12-31-22)16-5-7-17(8-6-16)27-14(2)23-19(21(27)30)11-15-3-9-18(28)10-4-15/h3-11,28H,12H2,1-2H3,(H,24,26,29)/b19-11-,25-13+. The summed E-state index contributed by atoms with van der Waals surface area (Å²) in [6.45, 7) is 3.60. The minimum atomic E-state index is -0.218. The summed E-state index contributed by atoms with van der Waals surface area (Å²) >= 11 is 1.32. The van der Waals surface area contributed by atoms with Gasteiger partial charge in [0, 0.05) is 0 Å². The van der Waals surface area contributed by atoms with Gasteiger partial charge in [0.1, 0.15) is 17.3 Å². The Balaban J connectivity index is 1.51. The molecule has 2 heterocycles. The molecule has 0 atom stereocenters. The van der Waals surface area contributed by atoms with Crippen LogP contribution in [0, 0.1) is 0 Å². The number of carbonyl (C=O) groups excluding carboxylic acids is 2. The second-order valence-electron chi connectivity index (χ2n) is 6.89. The Morgan fingerprint density at radius 1 is 1.16 bits per heavy atom. The highest BCUT2D eigenvalue weighted by Gasteiger charge is 2.28. The Bertz CT molecular complexity index is 1160. The van der Waals surface area contributed by atoms with Crippen LogP contribution in [-0.4, -0.2) is 39.4 Å². The summed E-state index contributed by atoms with van der Waals surface area (Å²) in [7, 11) is 0. The molecular formula is C22H19N5O3S. The highest BCUT2D eigenvalue weighted by atomic mass is 32.2. The predicted octanol–water partition coefficient (Wildman–Crippen LogP) is 3.14. The summed E-state index contributed by atoms with van der Waals surface area (Å²) < 4.78 is 0. The first-order valence-electron chi connectivity index (χ1n) is 9.46. The molecule has 2 aliphatic rings. The molecule has 8 nitrogen and oxygen atoms in total. The van der Waals surface area contributed by atoms with Gasteiger partial charge in [0.2, 0.25) is 5.91 Å². The van der Waals surface area contributed by atoms with Crippen LogP contribution in [0.25, 0.3) is 6.08 Å². The van der Waals surface area contributed by atoms with E-state index < -0.39 is 0 Å². The first-order valence-corrected chi connectivity index (χ1v) is 10.4. The summed E-state index contributed by atoms with van der Waals surface area (Å²) in [6, 6.07) is 13.9. The minimum Gasteiger partial charge on any atom is -0.508 e. The molecule has 2 aromatic rings. The number of phenols is 1. The normalized spacial score (nSPS) is 19.4. The number of anilines is 1. The Labute approximate surface area is 183 Å². The number of nitrogens with one attached hydrogen (secondary N) is 1. The zero-order valence-electron chi connectivity index (χ0n) is 16.9. The maximum Gasteiger partial charge on any atom is 0.282 e. The number of amidine groups is 2. The van der Waals surface area contributed by atoms with Crippen molar-refractivity contribution in [2.45, 2.75) is 13.8 Å². The zero-order chi connectivity index (χ0) is 22.0. The highest BCUT2D eigenvalue weighted by Crippen LogP contribution is 2.26. The molecule has 0 unspecified atom stereocenters. The van der Waals surface area contributed by atoms with Crippen molar-refractivity contribution in [1.29, 1.82) is 0 Å². The van der Waals surface area contributed by atoms with E-state index >= 15 is 0 Å². The molecule has 0 radical (unpaired) electrons. The molecule has 0 aliphatic carbocycles. The van der Waals surface area contributed by atoms with E-state index in [2.05, 4.69) is 20.5 Å². The lowest BCUT2D eigenvalue weighted by Crippen LogP contribution is -2.30. The number of phenolic OH excluding ortho intramolecular Hbond substituents is 1. The third kappa shape index (κ3) is 4.56. The van der Waals surface area contributed by atoms with E-state index in [0.29, 0.717) is 33.9 Å². The van der Waals surface area contributed by atoms with Crippen molar-refractivity contribution in [3.63, 3.8) is 0 Å². The number of amides is 2. The Morgan fingerprint density at radius 2 is 1.87 bits per heavy atom. The molecule has 2 N–H and O–H groups in total. The first kappa shape index (κ1) is 20.5. The van der Waals surface area contributed by atoms with E-state index in [0.717, 1.165) is 11.1 Å². The lowest BCUT2D eigenvalue weighted by molar-refractivity contribution is -0.117. The van der Waals surface area contributed by atoms with Gasteiger partial charge in [0.05, 0.1) is 17.2 Å². The number of aliphatic imine (C=N–C) groups is 1. The SMILES string of the molecule is CC1=N/C(=C\c2ccc(O)cc2)C(=O)N1c1ccc(/C(C)=N/N=C2/NC(=O)CS2)cc1. The third-order valence-corrected chi connectivity index (χ3v) is 5.51. The maximum atomic E-state index is 12.9. The number of aromatic hydroxyl groups is 1. The number of nitrogens with zero attached hydrogens (tertiary/aromatic N) is 4. The Hall–Kier alpha value is -3.72. The third-order valence-electron chi connectivity index (χ3n) is 4.64. The molecule has 1 saturated heterocycles. The quantitative estimate of drug-likeness (QED) is 0.439. The Morgan fingerprint density at radius 3 is 2.52 bits per heavy atom. The summed E-state index contributed by atoms with van der Waals surface area (Å²) in [5.41, 5.74) is 3.34. The van der Waals surface area contributed by atoms with E-state index in [9.17, 15) is 14.7 Å². The number of carbonyl (C=O) groups is 2. The van der Waals surface area contributed by atoms with Crippen LogP contribution >= 0.6 is 11.8 Å². The zero-order valence-corrected chi connectivity index (χ0v) is 17.7. The maximum absolute atomic E-state index is 12.9. The van der Waals surface area contributed by atoms with E-state index in [1.54, 1.807) is 42.2 Å². The summed E-state index contributed by atoms with van der Waals surface area (Å²) in [6.07, 6.45) is 1.69. The summed E-state index contributed by atoms with van der Waals surface area (Å²) in [5, 5.41) is 20.8. The average Bonchev–Trinajstić information content (AvgIpc) is 3.30. The van der Waals surface area contributed by atoms with Crippen molar-refractivity contribution >= 4 is 52.1 Å². The van der Waals surface area contributed by atoms with Crippen LogP contribution in [0.15, 0.2) is 69.4 Å². The van der Waals surface area contributed by atoms with E-state index in [1.807, 2.05) is 31.2 Å². The molecule has 1 fully saturated rings. The molecule has 2 aromatic carbocycles. The predicted molar refractivity (Wildman–Crippen MR) is 123 cm³/mol. The fraction of sp³-hybridized carbons (Fsp3) is 0.136. The van der Waals surface area contributed by atoms with Gasteiger partial charge in [-0.3, -0.25) is 14.5 Å². The molecule has 0 spiro atoms.